The second-order valence-corrected chi connectivity index (χ2v) is 2.87. The first-order valence-electron chi connectivity index (χ1n) is 4.30. The predicted molar refractivity (Wildman–Crippen MR) is 47.4 cm³/mol. The smallest absolute Gasteiger partial charge is 0.422 e. The van der Waals surface area contributed by atoms with Crippen molar-refractivity contribution in [1.82, 2.24) is 0 Å². The molecule has 0 spiro atoms. The molecular formula is C10H11F3O. The third kappa shape index (κ3) is 3.28. The second kappa shape index (κ2) is 4.35. The zero-order valence-electron chi connectivity index (χ0n) is 7.77. The molecule has 1 nitrogen and oxygen atoms in total. The standard InChI is InChI=1S/C10H11F3O/c1-2-8-5-3-4-6-9(8)14-7-10(11,12)13/h3-6H,2,7H2,1H3. The summed E-state index contributed by atoms with van der Waals surface area (Å²) >= 11 is 0. The van der Waals surface area contributed by atoms with Gasteiger partial charge in [-0.2, -0.15) is 13.2 Å². The van der Waals surface area contributed by atoms with E-state index in [0.29, 0.717) is 12.2 Å². The van der Waals surface area contributed by atoms with Gasteiger partial charge in [0, 0.05) is 0 Å². The number of alkyl halides is 3. The number of hydrogen-bond donors (Lipinski definition) is 0. The van der Waals surface area contributed by atoms with Crippen LogP contribution in [0.3, 0.4) is 0 Å². The Hall–Kier alpha value is -1.19. The first-order valence-corrected chi connectivity index (χ1v) is 4.30. The topological polar surface area (TPSA) is 9.23 Å². The molecule has 0 aromatic heterocycles. The minimum Gasteiger partial charge on any atom is -0.484 e. The maximum absolute atomic E-state index is 11.9. The quantitative estimate of drug-likeness (QED) is 0.734. The SMILES string of the molecule is CCc1ccccc1OCC(F)(F)F. The average molecular weight is 204 g/mol. The highest BCUT2D eigenvalue weighted by Gasteiger charge is 2.28. The number of benzene rings is 1. The lowest BCUT2D eigenvalue weighted by molar-refractivity contribution is -0.153. The Labute approximate surface area is 80.5 Å². The molecular weight excluding hydrogens is 193 g/mol. The average Bonchev–Trinajstić information content (AvgIpc) is 2.14. The van der Waals surface area contributed by atoms with Crippen LogP contribution in [0.1, 0.15) is 12.5 Å². The van der Waals surface area contributed by atoms with Crippen LogP contribution in [0.25, 0.3) is 0 Å². The highest BCUT2D eigenvalue weighted by Crippen LogP contribution is 2.22. The van der Waals surface area contributed by atoms with Gasteiger partial charge < -0.3 is 4.74 Å². The lowest BCUT2D eigenvalue weighted by Gasteiger charge is -2.11. The van der Waals surface area contributed by atoms with Crippen molar-refractivity contribution >= 4 is 0 Å². The van der Waals surface area contributed by atoms with Crippen molar-refractivity contribution in [3.63, 3.8) is 0 Å². The lowest BCUT2D eigenvalue weighted by Crippen LogP contribution is -2.19. The van der Waals surface area contributed by atoms with Gasteiger partial charge in [-0.05, 0) is 18.1 Å². The highest BCUT2D eigenvalue weighted by molar-refractivity contribution is 5.33. The van der Waals surface area contributed by atoms with E-state index in [4.69, 9.17) is 0 Å². The van der Waals surface area contributed by atoms with Gasteiger partial charge in [-0.15, -0.1) is 0 Å². The normalized spacial score (nSPS) is 11.4. The molecule has 0 aliphatic heterocycles. The third-order valence-electron chi connectivity index (χ3n) is 1.74. The molecule has 0 heterocycles. The van der Waals surface area contributed by atoms with Gasteiger partial charge in [0.05, 0.1) is 0 Å². The van der Waals surface area contributed by atoms with Crippen LogP contribution in [-0.4, -0.2) is 12.8 Å². The van der Waals surface area contributed by atoms with Crippen LogP contribution in [0.2, 0.25) is 0 Å². The molecule has 0 radical (unpaired) electrons. The summed E-state index contributed by atoms with van der Waals surface area (Å²) in [5.41, 5.74) is 0.789. The van der Waals surface area contributed by atoms with Gasteiger partial charge in [-0.25, -0.2) is 0 Å². The summed E-state index contributed by atoms with van der Waals surface area (Å²) in [6, 6.07) is 6.74. The summed E-state index contributed by atoms with van der Waals surface area (Å²) in [6.07, 6.45) is -3.62. The largest absolute Gasteiger partial charge is 0.484 e. The molecule has 1 aromatic carbocycles. The van der Waals surface area contributed by atoms with Crippen molar-refractivity contribution in [3.8, 4) is 5.75 Å². The zero-order valence-corrected chi connectivity index (χ0v) is 7.77. The predicted octanol–water partition coefficient (Wildman–Crippen LogP) is 3.19. The summed E-state index contributed by atoms with van der Waals surface area (Å²) in [5, 5.41) is 0. The molecule has 0 unspecified atom stereocenters. The van der Waals surface area contributed by atoms with Crippen LogP contribution >= 0.6 is 0 Å². The lowest BCUT2D eigenvalue weighted by atomic mass is 10.1. The van der Waals surface area contributed by atoms with Gasteiger partial charge in [0.1, 0.15) is 5.75 Å². The van der Waals surface area contributed by atoms with Crippen LogP contribution in [0.15, 0.2) is 24.3 Å². The Morgan fingerprint density at radius 1 is 1.21 bits per heavy atom. The Morgan fingerprint density at radius 2 is 1.86 bits per heavy atom. The Kier molecular flexibility index (Phi) is 3.38. The summed E-state index contributed by atoms with van der Waals surface area (Å²) in [4.78, 5) is 0. The highest BCUT2D eigenvalue weighted by atomic mass is 19.4. The number of aryl methyl sites for hydroxylation is 1. The van der Waals surface area contributed by atoms with E-state index in [2.05, 4.69) is 4.74 Å². The van der Waals surface area contributed by atoms with E-state index < -0.39 is 12.8 Å². The fourth-order valence-electron chi connectivity index (χ4n) is 1.10. The van der Waals surface area contributed by atoms with Gasteiger partial charge in [0.2, 0.25) is 0 Å². The van der Waals surface area contributed by atoms with Gasteiger partial charge in [0.15, 0.2) is 6.61 Å². The molecule has 78 valence electrons. The van der Waals surface area contributed by atoms with Crippen LogP contribution in [0.5, 0.6) is 5.75 Å². The molecule has 0 saturated carbocycles. The molecule has 1 rings (SSSR count). The van der Waals surface area contributed by atoms with Gasteiger partial charge in [-0.3, -0.25) is 0 Å². The fraction of sp³-hybridized carbons (Fsp3) is 0.400. The van der Waals surface area contributed by atoms with E-state index in [1.807, 2.05) is 6.92 Å². The van der Waals surface area contributed by atoms with E-state index in [-0.39, 0.29) is 0 Å². The van der Waals surface area contributed by atoms with Gasteiger partial charge >= 0.3 is 6.18 Å². The van der Waals surface area contributed by atoms with Gasteiger partial charge in [-0.1, -0.05) is 25.1 Å². The van der Waals surface area contributed by atoms with Crippen molar-refractivity contribution in [2.45, 2.75) is 19.5 Å². The number of para-hydroxylation sites is 1. The Bertz CT molecular complexity index is 294. The number of hydrogen-bond acceptors (Lipinski definition) is 1. The number of halogens is 3. The third-order valence-corrected chi connectivity index (χ3v) is 1.74. The van der Waals surface area contributed by atoms with E-state index in [1.54, 1.807) is 24.3 Å². The Balaban J connectivity index is 2.67. The molecule has 0 bridgehead atoms. The van der Waals surface area contributed by atoms with Crippen LogP contribution in [-0.2, 0) is 6.42 Å². The maximum Gasteiger partial charge on any atom is 0.422 e. The van der Waals surface area contributed by atoms with Crippen molar-refractivity contribution in [2.75, 3.05) is 6.61 Å². The van der Waals surface area contributed by atoms with E-state index in [0.717, 1.165) is 5.56 Å². The molecule has 0 aliphatic carbocycles. The zero-order chi connectivity index (χ0) is 10.6. The molecule has 1 aromatic rings. The first-order chi connectivity index (χ1) is 6.53. The summed E-state index contributed by atoms with van der Waals surface area (Å²) in [7, 11) is 0. The minimum atomic E-state index is -4.28. The molecule has 0 amide bonds. The van der Waals surface area contributed by atoms with Crippen molar-refractivity contribution in [1.29, 1.82) is 0 Å². The number of rotatable bonds is 3. The van der Waals surface area contributed by atoms with Crippen LogP contribution in [0, 0.1) is 0 Å². The molecule has 0 saturated heterocycles. The minimum absolute atomic E-state index is 0.312. The molecule has 0 N–H and O–H groups in total. The van der Waals surface area contributed by atoms with E-state index in [1.165, 1.54) is 0 Å². The van der Waals surface area contributed by atoms with Crippen molar-refractivity contribution in [2.24, 2.45) is 0 Å². The fourth-order valence-corrected chi connectivity index (χ4v) is 1.10. The monoisotopic (exact) mass is 204 g/mol. The first kappa shape index (κ1) is 10.9. The molecule has 14 heavy (non-hydrogen) atoms. The summed E-state index contributed by atoms with van der Waals surface area (Å²) in [5.74, 6) is 0.312. The maximum atomic E-state index is 11.9. The van der Waals surface area contributed by atoms with Crippen molar-refractivity contribution < 1.29 is 17.9 Å². The van der Waals surface area contributed by atoms with Crippen LogP contribution < -0.4 is 4.74 Å². The molecule has 4 heteroatoms. The number of ether oxygens (including phenoxy) is 1. The summed E-state index contributed by atoms with van der Waals surface area (Å²) < 4.78 is 40.2. The van der Waals surface area contributed by atoms with E-state index >= 15 is 0 Å². The van der Waals surface area contributed by atoms with Crippen LogP contribution in [0.4, 0.5) is 13.2 Å². The second-order valence-electron chi connectivity index (χ2n) is 2.87. The van der Waals surface area contributed by atoms with Crippen molar-refractivity contribution in [3.05, 3.63) is 29.8 Å². The molecule has 0 aliphatic rings. The van der Waals surface area contributed by atoms with E-state index in [9.17, 15) is 13.2 Å². The summed E-state index contributed by atoms with van der Waals surface area (Å²) in [6.45, 7) is 0.639. The molecule has 0 fully saturated rings. The van der Waals surface area contributed by atoms with Gasteiger partial charge in [0.25, 0.3) is 0 Å². The molecule has 0 atom stereocenters. The Morgan fingerprint density at radius 3 is 2.43 bits per heavy atom.